The number of carbonyl (C=O) groups is 2. The highest BCUT2D eigenvalue weighted by molar-refractivity contribution is 7.90. The summed E-state index contributed by atoms with van der Waals surface area (Å²) in [6, 6.07) is 14.5. The van der Waals surface area contributed by atoms with Gasteiger partial charge in [0.1, 0.15) is 4.90 Å². The van der Waals surface area contributed by atoms with E-state index in [9.17, 15) is 18.0 Å². The normalized spacial score (nSPS) is 22.3. The van der Waals surface area contributed by atoms with Crippen molar-refractivity contribution in [2.75, 3.05) is 26.2 Å². The molecule has 0 aromatic heterocycles. The molecule has 2 aromatic rings. The van der Waals surface area contributed by atoms with Crippen molar-refractivity contribution < 1.29 is 18.0 Å². The Morgan fingerprint density at radius 1 is 0.912 bits per heavy atom. The van der Waals surface area contributed by atoms with Crippen LogP contribution in [0.3, 0.4) is 0 Å². The summed E-state index contributed by atoms with van der Waals surface area (Å²) >= 11 is 0. The van der Waals surface area contributed by atoms with Crippen molar-refractivity contribution in [3.05, 3.63) is 65.2 Å². The number of rotatable bonds is 3. The van der Waals surface area contributed by atoms with Gasteiger partial charge in [0.15, 0.2) is 11.6 Å². The van der Waals surface area contributed by atoms with Gasteiger partial charge in [0, 0.05) is 43.2 Å². The Kier molecular flexibility index (Phi) is 6.02. The number of amidine groups is 1. The molecule has 8 heteroatoms. The number of carbonyl (C=O) groups excluding carboxylic acids is 2. The van der Waals surface area contributed by atoms with E-state index in [4.69, 9.17) is 0 Å². The Balaban J connectivity index is 1.22. The Morgan fingerprint density at radius 3 is 2.35 bits per heavy atom. The van der Waals surface area contributed by atoms with Gasteiger partial charge < -0.3 is 9.80 Å². The Labute approximate surface area is 200 Å². The molecular weight excluding hydrogens is 450 g/mol. The van der Waals surface area contributed by atoms with Crippen LogP contribution in [0.15, 0.2) is 57.8 Å². The number of ketones is 1. The zero-order valence-corrected chi connectivity index (χ0v) is 20.1. The number of amides is 1. The number of nitrogens with zero attached hydrogens (tertiary/aromatic N) is 3. The van der Waals surface area contributed by atoms with Crippen LogP contribution in [0.1, 0.15) is 47.2 Å². The average molecular weight is 480 g/mol. The molecule has 178 valence electrons. The second-order valence-electron chi connectivity index (χ2n) is 9.50. The first kappa shape index (κ1) is 22.8. The molecule has 0 radical (unpaired) electrons. The predicted molar refractivity (Wildman–Crippen MR) is 129 cm³/mol. The molecule has 3 aliphatic rings. The quantitative estimate of drug-likeness (QED) is 0.631. The third-order valence-corrected chi connectivity index (χ3v) is 8.52. The molecule has 2 aromatic carbocycles. The van der Waals surface area contributed by atoms with Crippen molar-refractivity contribution in [3.8, 4) is 0 Å². The van der Waals surface area contributed by atoms with Gasteiger partial charge in [0.05, 0.1) is 5.92 Å². The molecular formula is C26H29N3O4S. The molecule has 34 heavy (non-hydrogen) atoms. The van der Waals surface area contributed by atoms with Crippen LogP contribution < -0.4 is 0 Å². The maximum Gasteiger partial charge on any atom is 0.285 e. The van der Waals surface area contributed by atoms with Gasteiger partial charge in [0.25, 0.3) is 10.0 Å². The Morgan fingerprint density at radius 2 is 1.62 bits per heavy atom. The van der Waals surface area contributed by atoms with Crippen molar-refractivity contribution in [2.45, 2.75) is 37.5 Å². The summed E-state index contributed by atoms with van der Waals surface area (Å²) in [5, 5.41) is 0. The minimum atomic E-state index is -3.68. The van der Waals surface area contributed by atoms with Gasteiger partial charge in [0.2, 0.25) is 5.91 Å². The monoisotopic (exact) mass is 479 g/mol. The highest BCUT2D eigenvalue weighted by Gasteiger charge is 2.37. The molecule has 1 amide bonds. The summed E-state index contributed by atoms with van der Waals surface area (Å²) in [6.07, 6.45) is 2.93. The zero-order valence-electron chi connectivity index (χ0n) is 19.3. The van der Waals surface area contributed by atoms with Gasteiger partial charge in [-0.05, 0) is 44.7 Å². The zero-order chi connectivity index (χ0) is 23.9. The van der Waals surface area contributed by atoms with Gasteiger partial charge in [-0.2, -0.15) is 8.42 Å². The van der Waals surface area contributed by atoms with Gasteiger partial charge in [-0.1, -0.05) is 42.0 Å². The van der Waals surface area contributed by atoms with Crippen LogP contribution in [0, 0.1) is 18.8 Å². The molecule has 3 aliphatic heterocycles. The largest absolute Gasteiger partial charge is 0.355 e. The summed E-state index contributed by atoms with van der Waals surface area (Å²) in [7, 11) is -3.68. The van der Waals surface area contributed by atoms with E-state index in [1.165, 1.54) is 0 Å². The molecule has 2 fully saturated rings. The summed E-state index contributed by atoms with van der Waals surface area (Å²) in [5.41, 5.74) is 2.49. The van der Waals surface area contributed by atoms with E-state index in [2.05, 4.69) is 4.40 Å². The van der Waals surface area contributed by atoms with Crippen molar-refractivity contribution >= 4 is 27.5 Å². The molecule has 7 nitrogen and oxygen atoms in total. The molecule has 5 rings (SSSR count). The van der Waals surface area contributed by atoms with Crippen molar-refractivity contribution in [3.63, 3.8) is 0 Å². The maximum absolute atomic E-state index is 13.3. The van der Waals surface area contributed by atoms with Gasteiger partial charge in [-0.25, -0.2) is 0 Å². The fourth-order valence-electron chi connectivity index (χ4n) is 5.26. The molecule has 1 unspecified atom stereocenters. The van der Waals surface area contributed by atoms with E-state index in [0.29, 0.717) is 50.4 Å². The predicted octanol–water partition coefficient (Wildman–Crippen LogP) is 3.28. The SMILES string of the molecule is Cc1ccc(C(=O)C2CCN(C(=O)C3CCCN(C4=NS(=O)(=O)c5ccccc54)C3)CC2)cc1. The molecule has 2 saturated heterocycles. The fourth-order valence-corrected chi connectivity index (χ4v) is 6.49. The molecule has 1 atom stereocenters. The third kappa shape index (κ3) is 4.27. The number of hydrogen-bond acceptors (Lipinski definition) is 5. The van der Waals surface area contributed by atoms with Gasteiger partial charge in [-0.3, -0.25) is 9.59 Å². The van der Waals surface area contributed by atoms with Crippen molar-refractivity contribution in [1.82, 2.24) is 9.80 Å². The molecule has 0 spiro atoms. The first-order chi connectivity index (χ1) is 16.3. The van der Waals surface area contributed by atoms with Crippen LogP contribution in [0.25, 0.3) is 0 Å². The number of benzene rings is 2. The Hall–Kier alpha value is -3.00. The summed E-state index contributed by atoms with van der Waals surface area (Å²) in [5.74, 6) is 0.465. The molecule has 3 heterocycles. The van der Waals surface area contributed by atoms with Gasteiger partial charge >= 0.3 is 0 Å². The molecule has 0 bridgehead atoms. The third-order valence-electron chi connectivity index (χ3n) is 7.20. The number of piperidine rings is 2. The molecule has 0 N–H and O–H groups in total. The highest BCUT2D eigenvalue weighted by Crippen LogP contribution is 2.31. The van der Waals surface area contributed by atoms with Crippen molar-refractivity contribution in [2.24, 2.45) is 16.2 Å². The summed E-state index contributed by atoms with van der Waals surface area (Å²) < 4.78 is 28.9. The minimum Gasteiger partial charge on any atom is -0.355 e. The number of aryl methyl sites for hydroxylation is 1. The van der Waals surface area contributed by atoms with E-state index < -0.39 is 10.0 Å². The topological polar surface area (TPSA) is 87.1 Å². The fraction of sp³-hybridized carbons (Fsp3) is 0.423. The highest BCUT2D eigenvalue weighted by atomic mass is 32.2. The number of fused-ring (bicyclic) bond motifs is 1. The smallest absolute Gasteiger partial charge is 0.285 e. The molecule has 0 aliphatic carbocycles. The summed E-state index contributed by atoms with van der Waals surface area (Å²) in [4.78, 5) is 30.3. The van der Waals surface area contributed by atoms with Crippen LogP contribution in [0.2, 0.25) is 0 Å². The lowest BCUT2D eigenvalue weighted by Crippen LogP contribution is -2.49. The Bertz CT molecular complexity index is 1250. The van der Waals surface area contributed by atoms with E-state index in [0.717, 1.165) is 24.0 Å². The number of sulfonamides is 1. The lowest BCUT2D eigenvalue weighted by atomic mass is 9.87. The molecule has 0 saturated carbocycles. The second-order valence-corrected chi connectivity index (χ2v) is 11.1. The van der Waals surface area contributed by atoms with E-state index in [1.807, 2.05) is 47.1 Å². The van der Waals surface area contributed by atoms with Crippen molar-refractivity contribution in [1.29, 1.82) is 0 Å². The first-order valence-electron chi connectivity index (χ1n) is 11.9. The average Bonchev–Trinajstić information content (AvgIpc) is 3.15. The maximum atomic E-state index is 13.3. The number of Topliss-reactive ketones (excluding diaryl/α,β-unsaturated/α-hetero) is 1. The van der Waals surface area contributed by atoms with E-state index in [-0.39, 0.29) is 28.4 Å². The van der Waals surface area contributed by atoms with Crippen LogP contribution in [0.5, 0.6) is 0 Å². The minimum absolute atomic E-state index is 0.0517. The standard InChI is InChI=1S/C26H29N3O4S/c1-18-8-10-19(11-9-18)24(30)20-12-15-28(16-13-20)26(31)21-5-4-14-29(17-21)25-22-6-2-3-7-23(22)34(32,33)27-25/h2-3,6-11,20-21H,4-5,12-17H2,1H3. The number of likely N-dealkylation sites (tertiary alicyclic amines) is 2. The van der Waals surface area contributed by atoms with Gasteiger partial charge in [-0.15, -0.1) is 4.40 Å². The van der Waals surface area contributed by atoms with Crippen LogP contribution in [-0.4, -0.2) is 61.9 Å². The number of hydrogen-bond donors (Lipinski definition) is 0. The summed E-state index contributed by atoms with van der Waals surface area (Å²) in [6.45, 7) is 4.30. The van der Waals surface area contributed by atoms with Crippen LogP contribution >= 0.6 is 0 Å². The van der Waals surface area contributed by atoms with Crippen LogP contribution in [0.4, 0.5) is 0 Å². The van der Waals surface area contributed by atoms with E-state index >= 15 is 0 Å². The van der Waals surface area contributed by atoms with Crippen LogP contribution in [-0.2, 0) is 14.8 Å². The lowest BCUT2D eigenvalue weighted by molar-refractivity contribution is -0.138. The lowest BCUT2D eigenvalue weighted by Gasteiger charge is -2.38. The first-order valence-corrected chi connectivity index (χ1v) is 13.4. The van der Waals surface area contributed by atoms with E-state index in [1.54, 1.807) is 18.2 Å². The second kappa shape index (κ2) is 8.98.